The van der Waals surface area contributed by atoms with Crippen LogP contribution in [0.5, 0.6) is 0 Å². The SMILES string of the molecule is Brc1cccc(Br)c1NCC1CSc2ccccc21. The number of hydrogen-bond donors (Lipinski definition) is 1. The van der Waals surface area contributed by atoms with Gasteiger partial charge < -0.3 is 5.32 Å². The highest BCUT2D eigenvalue weighted by Gasteiger charge is 2.22. The van der Waals surface area contributed by atoms with Gasteiger partial charge in [-0.15, -0.1) is 11.8 Å². The minimum absolute atomic E-state index is 0.584. The Balaban J connectivity index is 1.75. The first-order valence-corrected chi connectivity index (χ1v) is 8.72. The van der Waals surface area contributed by atoms with Crippen LogP contribution in [0.15, 0.2) is 56.3 Å². The van der Waals surface area contributed by atoms with Crippen molar-refractivity contribution in [2.75, 3.05) is 17.6 Å². The van der Waals surface area contributed by atoms with E-state index in [1.54, 1.807) is 0 Å². The molecule has 0 radical (unpaired) electrons. The standard InChI is InChI=1S/C15H13Br2NS/c16-12-5-3-6-13(17)15(12)18-8-10-9-19-14-7-2-1-4-11(10)14/h1-7,10,18H,8-9H2. The average molecular weight is 399 g/mol. The van der Waals surface area contributed by atoms with Gasteiger partial charge in [-0.05, 0) is 55.6 Å². The Morgan fingerprint density at radius 2 is 1.79 bits per heavy atom. The molecule has 0 amide bonds. The van der Waals surface area contributed by atoms with Crippen LogP contribution in [0.25, 0.3) is 0 Å². The second-order valence-electron chi connectivity index (χ2n) is 4.52. The Morgan fingerprint density at radius 3 is 2.58 bits per heavy atom. The summed E-state index contributed by atoms with van der Waals surface area (Å²) >= 11 is 9.14. The van der Waals surface area contributed by atoms with Gasteiger partial charge in [0.05, 0.1) is 5.69 Å². The van der Waals surface area contributed by atoms with Crippen molar-refractivity contribution in [2.24, 2.45) is 0 Å². The summed E-state index contributed by atoms with van der Waals surface area (Å²) in [6, 6.07) is 14.9. The van der Waals surface area contributed by atoms with Crippen LogP contribution in [0.3, 0.4) is 0 Å². The molecule has 0 spiro atoms. The number of rotatable bonds is 3. The van der Waals surface area contributed by atoms with Crippen LogP contribution in [0.2, 0.25) is 0 Å². The molecule has 0 fully saturated rings. The molecule has 1 atom stereocenters. The summed E-state index contributed by atoms with van der Waals surface area (Å²) in [7, 11) is 0. The molecule has 4 heteroatoms. The first-order valence-electron chi connectivity index (χ1n) is 6.15. The van der Waals surface area contributed by atoms with Crippen LogP contribution < -0.4 is 5.32 Å². The van der Waals surface area contributed by atoms with Crippen molar-refractivity contribution in [3.8, 4) is 0 Å². The van der Waals surface area contributed by atoms with E-state index in [1.807, 2.05) is 17.8 Å². The molecule has 1 N–H and O–H groups in total. The lowest BCUT2D eigenvalue weighted by Gasteiger charge is -2.15. The molecule has 0 saturated carbocycles. The number of nitrogens with one attached hydrogen (secondary N) is 1. The third-order valence-corrected chi connectivity index (χ3v) is 5.86. The molecule has 0 aliphatic carbocycles. The summed E-state index contributed by atoms with van der Waals surface area (Å²) in [6.45, 7) is 0.964. The fourth-order valence-corrected chi connectivity index (χ4v) is 4.82. The molecule has 98 valence electrons. The highest BCUT2D eigenvalue weighted by Crippen LogP contribution is 2.40. The Kier molecular flexibility index (Phi) is 4.20. The van der Waals surface area contributed by atoms with Crippen LogP contribution in [0.4, 0.5) is 5.69 Å². The van der Waals surface area contributed by atoms with Crippen molar-refractivity contribution in [1.29, 1.82) is 0 Å². The lowest BCUT2D eigenvalue weighted by molar-refractivity contribution is 0.818. The van der Waals surface area contributed by atoms with Gasteiger partial charge in [0.15, 0.2) is 0 Å². The predicted molar refractivity (Wildman–Crippen MR) is 90.2 cm³/mol. The van der Waals surface area contributed by atoms with Crippen molar-refractivity contribution in [3.63, 3.8) is 0 Å². The van der Waals surface area contributed by atoms with Gasteiger partial charge in [0.25, 0.3) is 0 Å². The third kappa shape index (κ3) is 2.86. The van der Waals surface area contributed by atoms with E-state index in [0.29, 0.717) is 5.92 Å². The highest BCUT2D eigenvalue weighted by atomic mass is 79.9. The van der Waals surface area contributed by atoms with Crippen molar-refractivity contribution in [3.05, 3.63) is 57.0 Å². The van der Waals surface area contributed by atoms with Gasteiger partial charge in [-0.25, -0.2) is 0 Å². The minimum Gasteiger partial charge on any atom is -0.383 e. The molecule has 2 aromatic carbocycles. The van der Waals surface area contributed by atoms with E-state index in [4.69, 9.17) is 0 Å². The molecule has 19 heavy (non-hydrogen) atoms. The smallest absolute Gasteiger partial charge is 0.0629 e. The molecular formula is C15H13Br2NS. The van der Waals surface area contributed by atoms with Gasteiger partial charge in [-0.1, -0.05) is 24.3 Å². The second-order valence-corrected chi connectivity index (χ2v) is 7.29. The zero-order valence-electron chi connectivity index (χ0n) is 10.2. The van der Waals surface area contributed by atoms with Gasteiger partial charge in [0, 0.05) is 32.1 Å². The molecule has 0 bridgehead atoms. The number of fused-ring (bicyclic) bond motifs is 1. The summed E-state index contributed by atoms with van der Waals surface area (Å²) in [5, 5.41) is 3.56. The molecule has 3 rings (SSSR count). The van der Waals surface area contributed by atoms with Crippen molar-refractivity contribution in [1.82, 2.24) is 0 Å². The summed E-state index contributed by atoms with van der Waals surface area (Å²) in [5.41, 5.74) is 2.61. The van der Waals surface area contributed by atoms with E-state index < -0.39 is 0 Å². The largest absolute Gasteiger partial charge is 0.383 e. The van der Waals surface area contributed by atoms with Crippen LogP contribution >= 0.6 is 43.6 Å². The monoisotopic (exact) mass is 397 g/mol. The van der Waals surface area contributed by atoms with Crippen molar-refractivity contribution < 1.29 is 0 Å². The summed E-state index contributed by atoms with van der Waals surface area (Å²) in [4.78, 5) is 1.43. The first-order chi connectivity index (χ1) is 9.25. The van der Waals surface area contributed by atoms with Crippen LogP contribution in [-0.4, -0.2) is 12.3 Å². The second kappa shape index (κ2) is 5.90. The van der Waals surface area contributed by atoms with Gasteiger partial charge in [0.2, 0.25) is 0 Å². The Bertz CT molecular complexity index is 580. The number of anilines is 1. The van der Waals surface area contributed by atoms with Gasteiger partial charge >= 0.3 is 0 Å². The zero-order chi connectivity index (χ0) is 13.2. The van der Waals surface area contributed by atoms with E-state index in [-0.39, 0.29) is 0 Å². The lowest BCUT2D eigenvalue weighted by Crippen LogP contribution is -2.12. The van der Waals surface area contributed by atoms with E-state index >= 15 is 0 Å². The van der Waals surface area contributed by atoms with E-state index in [0.717, 1.165) is 26.9 Å². The fraction of sp³-hybridized carbons (Fsp3) is 0.200. The van der Waals surface area contributed by atoms with Gasteiger partial charge in [0.1, 0.15) is 0 Å². The van der Waals surface area contributed by atoms with Crippen molar-refractivity contribution >= 4 is 49.3 Å². The fourth-order valence-electron chi connectivity index (χ4n) is 2.29. The quantitative estimate of drug-likeness (QED) is 0.731. The number of benzene rings is 2. The third-order valence-electron chi connectivity index (χ3n) is 3.29. The number of thioether (sulfide) groups is 1. The molecule has 0 aromatic heterocycles. The van der Waals surface area contributed by atoms with Crippen LogP contribution in [-0.2, 0) is 0 Å². The maximum absolute atomic E-state index is 3.59. The number of halogens is 2. The molecule has 0 saturated heterocycles. The zero-order valence-corrected chi connectivity index (χ0v) is 14.2. The number of para-hydroxylation sites is 1. The molecular weight excluding hydrogens is 386 g/mol. The van der Waals surface area contributed by atoms with E-state index in [1.165, 1.54) is 10.5 Å². The summed E-state index contributed by atoms with van der Waals surface area (Å²) in [6.07, 6.45) is 0. The summed E-state index contributed by atoms with van der Waals surface area (Å²) in [5.74, 6) is 1.74. The first kappa shape index (κ1) is 13.5. The molecule has 1 aliphatic rings. The maximum Gasteiger partial charge on any atom is 0.0629 e. The van der Waals surface area contributed by atoms with Crippen LogP contribution in [0.1, 0.15) is 11.5 Å². The lowest BCUT2D eigenvalue weighted by atomic mass is 10.0. The van der Waals surface area contributed by atoms with Gasteiger partial charge in [-0.3, -0.25) is 0 Å². The Hall–Kier alpha value is -0.450. The minimum atomic E-state index is 0.584. The van der Waals surface area contributed by atoms with Gasteiger partial charge in [-0.2, -0.15) is 0 Å². The molecule has 2 aromatic rings. The molecule has 1 unspecified atom stereocenters. The highest BCUT2D eigenvalue weighted by molar-refractivity contribution is 9.11. The Morgan fingerprint density at radius 1 is 1.05 bits per heavy atom. The number of hydrogen-bond acceptors (Lipinski definition) is 2. The topological polar surface area (TPSA) is 12.0 Å². The molecule has 1 aliphatic heterocycles. The predicted octanol–water partition coefficient (Wildman–Crippen LogP) is 5.51. The van der Waals surface area contributed by atoms with Crippen molar-refractivity contribution in [2.45, 2.75) is 10.8 Å². The van der Waals surface area contributed by atoms with Crippen LogP contribution in [0, 0.1) is 0 Å². The summed E-state index contributed by atoms with van der Waals surface area (Å²) < 4.78 is 2.20. The Labute approximate surface area is 134 Å². The van der Waals surface area contributed by atoms with E-state index in [2.05, 4.69) is 73.6 Å². The average Bonchev–Trinajstić information content (AvgIpc) is 2.82. The maximum atomic E-state index is 3.59. The van der Waals surface area contributed by atoms with E-state index in [9.17, 15) is 0 Å². The molecule has 1 heterocycles. The normalized spacial score (nSPS) is 17.3. The molecule has 1 nitrogen and oxygen atoms in total.